The standard InChI is InChI=1S/C46H37ClN10O7S/c1-23-24(2)65-46-39(23)41(26-7-9-27(47)10-8-26)50-33(42-55-52-25(3)56(42)46)21-37(59)48-28-11-15-30(16-12-28)53-54-31-17-13-29(14-18-31)49-38(60)22-64-35-6-4-5-32-40(35)45(63)57(44(32)62)34-19-20-36(58)51-43(34)61/h4-18,33-34H,19-22H2,1-3H3,(H,48,59)(H,49,60)(H,51,58,61)/t33-,34?/m0/s1. The summed E-state index contributed by atoms with van der Waals surface area (Å²) in [5.74, 6) is -2.13. The summed E-state index contributed by atoms with van der Waals surface area (Å²) in [6, 6.07) is 23.6. The molecule has 0 bridgehead atoms. The van der Waals surface area contributed by atoms with Gasteiger partial charge < -0.3 is 15.4 Å². The van der Waals surface area contributed by atoms with E-state index in [0.29, 0.717) is 39.4 Å². The molecule has 1 unspecified atom stereocenters. The minimum Gasteiger partial charge on any atom is -0.483 e. The molecule has 3 aliphatic heterocycles. The number of piperidine rings is 1. The Morgan fingerprint density at radius 2 is 1.49 bits per heavy atom. The molecular formula is C46H37ClN10O7S. The summed E-state index contributed by atoms with van der Waals surface area (Å²) in [6.07, 6.45) is 0.0176. The van der Waals surface area contributed by atoms with Crippen LogP contribution in [0.3, 0.4) is 0 Å². The van der Waals surface area contributed by atoms with Crippen LogP contribution in [0.4, 0.5) is 22.7 Å². The first-order valence-corrected chi connectivity index (χ1v) is 21.6. The molecular weight excluding hydrogens is 872 g/mol. The van der Waals surface area contributed by atoms with E-state index in [1.807, 2.05) is 35.8 Å². The third-order valence-corrected chi connectivity index (χ3v) is 12.6. The zero-order valence-electron chi connectivity index (χ0n) is 34.9. The molecule has 0 spiro atoms. The third kappa shape index (κ3) is 8.43. The number of carbonyl (C=O) groups excluding carboxylic acids is 6. The molecule has 2 atom stereocenters. The number of imide groups is 2. The fourth-order valence-electron chi connectivity index (χ4n) is 7.80. The highest BCUT2D eigenvalue weighted by Gasteiger charge is 2.46. The topological polar surface area (TPSA) is 219 Å². The molecule has 4 aromatic carbocycles. The number of nitrogens with zero attached hydrogens (tertiary/aromatic N) is 7. The first-order chi connectivity index (χ1) is 31.3. The van der Waals surface area contributed by atoms with Crippen LogP contribution in [0.15, 0.2) is 106 Å². The van der Waals surface area contributed by atoms with Crippen molar-refractivity contribution in [3.05, 3.63) is 140 Å². The van der Waals surface area contributed by atoms with Crippen molar-refractivity contribution in [2.24, 2.45) is 15.2 Å². The molecule has 19 heteroatoms. The average molecular weight is 909 g/mol. The summed E-state index contributed by atoms with van der Waals surface area (Å²) in [5, 5.41) is 26.9. The van der Waals surface area contributed by atoms with Crippen molar-refractivity contribution in [2.45, 2.75) is 52.1 Å². The number of halogens is 1. The molecule has 6 amide bonds. The van der Waals surface area contributed by atoms with E-state index in [-0.39, 0.29) is 42.0 Å². The molecule has 326 valence electrons. The summed E-state index contributed by atoms with van der Waals surface area (Å²) in [5.41, 5.74) is 5.74. The molecule has 3 aliphatic rings. The number of amides is 6. The van der Waals surface area contributed by atoms with E-state index in [2.05, 4.69) is 50.2 Å². The highest BCUT2D eigenvalue weighted by molar-refractivity contribution is 7.15. The number of hydrogen-bond acceptors (Lipinski definition) is 13. The first kappa shape index (κ1) is 42.6. The number of aliphatic imine (C=N–C) groups is 1. The Morgan fingerprint density at radius 3 is 2.15 bits per heavy atom. The smallest absolute Gasteiger partial charge is 0.266 e. The second kappa shape index (κ2) is 17.5. The molecule has 2 aromatic heterocycles. The lowest BCUT2D eigenvalue weighted by Crippen LogP contribution is -2.54. The van der Waals surface area contributed by atoms with E-state index in [9.17, 15) is 28.8 Å². The highest BCUT2D eigenvalue weighted by Crippen LogP contribution is 2.40. The molecule has 0 radical (unpaired) electrons. The monoisotopic (exact) mass is 908 g/mol. The Kier molecular flexibility index (Phi) is 11.4. The third-order valence-electron chi connectivity index (χ3n) is 11.1. The molecule has 17 nitrogen and oxygen atoms in total. The van der Waals surface area contributed by atoms with E-state index in [0.717, 1.165) is 37.2 Å². The van der Waals surface area contributed by atoms with Crippen LogP contribution in [0.1, 0.15) is 79.2 Å². The lowest BCUT2D eigenvalue weighted by atomic mass is 9.99. The fourth-order valence-corrected chi connectivity index (χ4v) is 9.14. The lowest BCUT2D eigenvalue weighted by molar-refractivity contribution is -0.136. The number of fused-ring (bicyclic) bond motifs is 4. The van der Waals surface area contributed by atoms with Crippen LogP contribution in [0.25, 0.3) is 5.00 Å². The quantitative estimate of drug-likeness (QED) is 0.0857. The van der Waals surface area contributed by atoms with Crippen LogP contribution in [0.5, 0.6) is 5.75 Å². The van der Waals surface area contributed by atoms with E-state index >= 15 is 0 Å². The highest BCUT2D eigenvalue weighted by atomic mass is 35.5. The van der Waals surface area contributed by atoms with Crippen molar-refractivity contribution < 1.29 is 33.5 Å². The van der Waals surface area contributed by atoms with E-state index in [4.69, 9.17) is 21.3 Å². The number of nitrogens with one attached hydrogen (secondary N) is 3. The largest absolute Gasteiger partial charge is 0.483 e. The molecule has 1 fully saturated rings. The zero-order valence-corrected chi connectivity index (χ0v) is 36.5. The Balaban J connectivity index is 0.803. The number of aromatic nitrogens is 3. The number of aryl methyl sites for hydroxylation is 2. The number of hydrogen-bond donors (Lipinski definition) is 3. The van der Waals surface area contributed by atoms with E-state index in [1.54, 1.807) is 59.9 Å². The predicted octanol–water partition coefficient (Wildman–Crippen LogP) is 7.66. The number of azo groups is 1. The van der Waals surface area contributed by atoms with Gasteiger partial charge >= 0.3 is 0 Å². The minimum atomic E-state index is -1.13. The maximum absolute atomic E-state index is 13.6. The van der Waals surface area contributed by atoms with Gasteiger partial charge in [0.2, 0.25) is 17.7 Å². The second-order valence-electron chi connectivity index (χ2n) is 15.4. The van der Waals surface area contributed by atoms with Gasteiger partial charge in [0.25, 0.3) is 17.7 Å². The van der Waals surface area contributed by atoms with Crippen molar-refractivity contribution in [1.82, 2.24) is 25.0 Å². The van der Waals surface area contributed by atoms with Gasteiger partial charge in [-0.2, -0.15) is 10.2 Å². The van der Waals surface area contributed by atoms with Crippen LogP contribution < -0.4 is 20.7 Å². The van der Waals surface area contributed by atoms with Gasteiger partial charge in [0.1, 0.15) is 28.7 Å². The van der Waals surface area contributed by atoms with Crippen molar-refractivity contribution in [3.63, 3.8) is 0 Å². The van der Waals surface area contributed by atoms with Gasteiger partial charge in [-0.15, -0.1) is 21.5 Å². The average Bonchev–Trinajstić information content (AvgIpc) is 3.87. The van der Waals surface area contributed by atoms with Gasteiger partial charge in [0.05, 0.1) is 34.6 Å². The Labute approximate surface area is 379 Å². The van der Waals surface area contributed by atoms with Crippen molar-refractivity contribution in [2.75, 3.05) is 17.2 Å². The predicted molar refractivity (Wildman–Crippen MR) is 241 cm³/mol. The van der Waals surface area contributed by atoms with Gasteiger partial charge in [-0.1, -0.05) is 29.8 Å². The second-order valence-corrected chi connectivity index (χ2v) is 17.1. The van der Waals surface area contributed by atoms with E-state index < -0.39 is 48.2 Å². The van der Waals surface area contributed by atoms with Crippen LogP contribution in [-0.4, -0.2) is 73.5 Å². The van der Waals surface area contributed by atoms with Crippen LogP contribution in [0, 0.1) is 20.8 Å². The maximum Gasteiger partial charge on any atom is 0.266 e. The summed E-state index contributed by atoms with van der Waals surface area (Å²) in [6.45, 7) is 5.56. The van der Waals surface area contributed by atoms with Gasteiger partial charge in [-0.25, -0.2) is 0 Å². The molecule has 5 heterocycles. The SMILES string of the molecule is Cc1sc2c(c1C)C(c1ccc(Cl)cc1)=N[C@@H](CC(=O)Nc1ccc(N=Nc3ccc(NC(=O)COc4cccc5c4C(=O)N(C4CCC(=O)NC4=O)C5=O)cc3)cc1)c1nnc(C)n1-2. The Bertz CT molecular complexity index is 3020. The van der Waals surface area contributed by atoms with Crippen molar-refractivity contribution >= 4 is 86.8 Å². The number of rotatable bonds is 11. The maximum atomic E-state index is 13.6. The Hall–Kier alpha value is -7.70. The molecule has 65 heavy (non-hydrogen) atoms. The molecule has 0 aliphatic carbocycles. The van der Waals surface area contributed by atoms with Gasteiger partial charge in [-0.05, 0) is 106 Å². The number of thiophene rings is 1. The fraction of sp³-hybridized carbons (Fsp3) is 0.196. The van der Waals surface area contributed by atoms with Crippen LogP contribution >= 0.6 is 22.9 Å². The summed E-state index contributed by atoms with van der Waals surface area (Å²) < 4.78 is 7.67. The molecule has 1 saturated heterocycles. The molecule has 6 aromatic rings. The molecule has 3 N–H and O–H groups in total. The summed E-state index contributed by atoms with van der Waals surface area (Å²) in [4.78, 5) is 84.1. The van der Waals surface area contributed by atoms with Crippen LogP contribution in [0.2, 0.25) is 5.02 Å². The number of anilines is 2. The van der Waals surface area contributed by atoms with Gasteiger partial charge in [0.15, 0.2) is 12.4 Å². The van der Waals surface area contributed by atoms with Crippen molar-refractivity contribution in [3.8, 4) is 10.8 Å². The number of ether oxygens (including phenoxy) is 1. The van der Waals surface area contributed by atoms with Gasteiger partial charge in [0, 0.05) is 38.8 Å². The van der Waals surface area contributed by atoms with Crippen molar-refractivity contribution in [1.29, 1.82) is 0 Å². The molecule has 0 saturated carbocycles. The normalized spacial score (nSPS) is 16.7. The van der Waals surface area contributed by atoms with Crippen LogP contribution in [-0.2, 0) is 19.2 Å². The zero-order chi connectivity index (χ0) is 45.5. The number of carbonyl (C=O) groups is 6. The Morgan fingerprint density at radius 1 is 0.831 bits per heavy atom. The minimum absolute atomic E-state index is 0.00852. The number of benzene rings is 4. The van der Waals surface area contributed by atoms with E-state index in [1.165, 1.54) is 18.2 Å². The molecule has 9 rings (SSSR count). The van der Waals surface area contributed by atoms with Gasteiger partial charge in [-0.3, -0.25) is 48.5 Å². The summed E-state index contributed by atoms with van der Waals surface area (Å²) >= 11 is 7.88. The first-order valence-electron chi connectivity index (χ1n) is 20.4. The lowest BCUT2D eigenvalue weighted by Gasteiger charge is -2.27. The summed E-state index contributed by atoms with van der Waals surface area (Å²) in [7, 11) is 0.